The predicted molar refractivity (Wildman–Crippen MR) is 98.3 cm³/mol. The second-order valence-electron chi connectivity index (χ2n) is 6.17. The molecule has 0 aliphatic carbocycles. The van der Waals surface area contributed by atoms with Crippen molar-refractivity contribution in [3.63, 3.8) is 0 Å². The Hall–Kier alpha value is -2.99. The second kappa shape index (κ2) is 6.96. The minimum atomic E-state index is -0.555. The molecule has 1 aliphatic heterocycles. The summed E-state index contributed by atoms with van der Waals surface area (Å²) < 4.78 is 26.6. The number of carbonyl (C=O) groups excluding carboxylic acids is 1. The summed E-state index contributed by atoms with van der Waals surface area (Å²) >= 11 is 5.86. The van der Waals surface area contributed by atoms with Gasteiger partial charge < -0.3 is 10.2 Å². The van der Waals surface area contributed by atoms with Crippen LogP contribution in [0.3, 0.4) is 0 Å². The molecular formula is C20H14ClF2N3O. The number of nitrogens with one attached hydrogen (secondary N) is 1. The van der Waals surface area contributed by atoms with Crippen LogP contribution in [0.2, 0.25) is 5.02 Å². The van der Waals surface area contributed by atoms with Crippen LogP contribution < -0.4 is 5.32 Å². The molecule has 1 aromatic heterocycles. The first kappa shape index (κ1) is 17.4. The largest absolute Gasteiger partial charge is 0.360 e. The van der Waals surface area contributed by atoms with E-state index in [1.807, 2.05) is 0 Å². The monoisotopic (exact) mass is 385 g/mol. The van der Waals surface area contributed by atoms with Crippen LogP contribution in [0.4, 0.5) is 14.5 Å². The van der Waals surface area contributed by atoms with Crippen molar-refractivity contribution in [1.82, 2.24) is 9.88 Å². The van der Waals surface area contributed by atoms with E-state index < -0.39 is 12.0 Å². The number of pyridine rings is 1. The minimum Gasteiger partial charge on any atom is -0.360 e. The van der Waals surface area contributed by atoms with Gasteiger partial charge in [0.25, 0.3) is 5.91 Å². The summed E-state index contributed by atoms with van der Waals surface area (Å²) in [5.41, 5.74) is 2.40. The number of hydrogen-bond acceptors (Lipinski definition) is 3. The molecule has 0 bridgehead atoms. The first-order chi connectivity index (χ1) is 13.0. The van der Waals surface area contributed by atoms with Crippen molar-refractivity contribution in [2.24, 2.45) is 0 Å². The Balaban J connectivity index is 1.68. The summed E-state index contributed by atoms with van der Waals surface area (Å²) in [7, 11) is 0. The molecule has 2 aromatic carbocycles. The Morgan fingerprint density at radius 2 is 1.89 bits per heavy atom. The van der Waals surface area contributed by atoms with E-state index in [4.69, 9.17) is 11.6 Å². The average molecular weight is 386 g/mol. The number of rotatable bonds is 4. The summed E-state index contributed by atoms with van der Waals surface area (Å²) in [6.45, 7) is 0.266. The van der Waals surface area contributed by atoms with Gasteiger partial charge in [0.1, 0.15) is 17.8 Å². The molecule has 1 unspecified atom stereocenters. The number of anilines is 1. The molecule has 0 spiro atoms. The van der Waals surface area contributed by atoms with Crippen molar-refractivity contribution in [3.05, 3.63) is 94.3 Å². The van der Waals surface area contributed by atoms with E-state index in [1.165, 1.54) is 24.3 Å². The summed E-state index contributed by atoms with van der Waals surface area (Å²) in [6.07, 6.45) is 1.06. The molecule has 7 heteroatoms. The third-order valence-corrected chi connectivity index (χ3v) is 4.68. The SMILES string of the molecule is O=C1c2cccnc2C(Nc2ccc(F)c(Cl)c2)N1Cc1ccc(F)cc1. The smallest absolute Gasteiger partial charge is 0.258 e. The van der Waals surface area contributed by atoms with Gasteiger partial charge in [-0.25, -0.2) is 8.78 Å². The lowest BCUT2D eigenvalue weighted by Crippen LogP contribution is -2.32. The maximum atomic E-state index is 13.4. The van der Waals surface area contributed by atoms with Gasteiger partial charge >= 0.3 is 0 Å². The van der Waals surface area contributed by atoms with Crippen molar-refractivity contribution in [2.75, 3.05) is 5.32 Å². The van der Waals surface area contributed by atoms with Crippen LogP contribution in [-0.2, 0) is 6.54 Å². The lowest BCUT2D eigenvalue weighted by molar-refractivity contribution is 0.0727. The molecule has 27 heavy (non-hydrogen) atoms. The fraction of sp³-hybridized carbons (Fsp3) is 0.100. The minimum absolute atomic E-state index is 0.0179. The molecule has 0 radical (unpaired) electrons. The molecule has 2 heterocycles. The van der Waals surface area contributed by atoms with Gasteiger partial charge in [-0.05, 0) is 48.0 Å². The number of amides is 1. The van der Waals surface area contributed by atoms with E-state index >= 15 is 0 Å². The number of aromatic nitrogens is 1. The van der Waals surface area contributed by atoms with E-state index in [2.05, 4.69) is 10.3 Å². The Labute approximate surface area is 159 Å². The van der Waals surface area contributed by atoms with Gasteiger partial charge in [-0.3, -0.25) is 9.78 Å². The van der Waals surface area contributed by atoms with Gasteiger partial charge in [0.05, 0.1) is 16.3 Å². The highest BCUT2D eigenvalue weighted by Gasteiger charge is 2.37. The highest BCUT2D eigenvalue weighted by atomic mass is 35.5. The first-order valence-corrected chi connectivity index (χ1v) is 8.62. The lowest BCUT2D eigenvalue weighted by atomic mass is 10.2. The maximum absolute atomic E-state index is 13.4. The van der Waals surface area contributed by atoms with Crippen LogP contribution in [-0.4, -0.2) is 15.8 Å². The molecule has 1 atom stereocenters. The van der Waals surface area contributed by atoms with Crippen LogP contribution in [0, 0.1) is 11.6 Å². The van der Waals surface area contributed by atoms with E-state index in [0.29, 0.717) is 16.9 Å². The van der Waals surface area contributed by atoms with Crippen molar-refractivity contribution >= 4 is 23.2 Å². The van der Waals surface area contributed by atoms with Gasteiger partial charge in [-0.15, -0.1) is 0 Å². The Morgan fingerprint density at radius 3 is 2.63 bits per heavy atom. The molecule has 0 saturated carbocycles. The number of benzene rings is 2. The zero-order valence-electron chi connectivity index (χ0n) is 14.0. The number of carbonyl (C=O) groups is 1. The summed E-state index contributed by atoms with van der Waals surface area (Å²) in [6, 6.07) is 13.6. The van der Waals surface area contributed by atoms with Crippen LogP contribution >= 0.6 is 11.6 Å². The predicted octanol–water partition coefficient (Wildman–Crippen LogP) is 4.78. The topological polar surface area (TPSA) is 45.2 Å². The zero-order chi connectivity index (χ0) is 19.0. The Bertz CT molecular complexity index is 1010. The number of nitrogens with zero attached hydrogens (tertiary/aromatic N) is 2. The third-order valence-electron chi connectivity index (χ3n) is 4.39. The first-order valence-electron chi connectivity index (χ1n) is 8.25. The van der Waals surface area contributed by atoms with Crippen molar-refractivity contribution in [1.29, 1.82) is 0 Å². The molecule has 4 rings (SSSR count). The van der Waals surface area contributed by atoms with E-state index in [0.717, 1.165) is 5.56 Å². The molecule has 3 aromatic rings. The van der Waals surface area contributed by atoms with Crippen molar-refractivity contribution in [3.8, 4) is 0 Å². The molecule has 0 fully saturated rings. The van der Waals surface area contributed by atoms with Crippen LogP contribution in [0.15, 0.2) is 60.8 Å². The second-order valence-corrected chi connectivity index (χ2v) is 6.58. The summed E-state index contributed by atoms with van der Waals surface area (Å²) in [4.78, 5) is 18.8. The molecule has 4 nitrogen and oxygen atoms in total. The zero-order valence-corrected chi connectivity index (χ0v) is 14.8. The quantitative estimate of drug-likeness (QED) is 0.703. The molecule has 1 amide bonds. The number of fused-ring (bicyclic) bond motifs is 1. The molecular weight excluding hydrogens is 372 g/mol. The van der Waals surface area contributed by atoms with Gasteiger partial charge in [0.2, 0.25) is 0 Å². The fourth-order valence-corrected chi connectivity index (χ4v) is 3.26. The van der Waals surface area contributed by atoms with Crippen LogP contribution in [0.5, 0.6) is 0 Å². The van der Waals surface area contributed by atoms with Crippen molar-refractivity contribution < 1.29 is 13.6 Å². The maximum Gasteiger partial charge on any atom is 0.258 e. The van der Waals surface area contributed by atoms with Crippen molar-refractivity contribution in [2.45, 2.75) is 12.7 Å². The summed E-state index contributed by atoms with van der Waals surface area (Å²) in [5.74, 6) is -1.05. The van der Waals surface area contributed by atoms with Crippen LogP contribution in [0.1, 0.15) is 27.8 Å². The Kier molecular flexibility index (Phi) is 4.49. The molecule has 1 aliphatic rings. The van der Waals surface area contributed by atoms with E-state index in [1.54, 1.807) is 41.4 Å². The fourth-order valence-electron chi connectivity index (χ4n) is 3.08. The van der Waals surface area contributed by atoms with Gasteiger partial charge in [-0.2, -0.15) is 0 Å². The van der Waals surface area contributed by atoms with Gasteiger partial charge in [-0.1, -0.05) is 23.7 Å². The van der Waals surface area contributed by atoms with E-state index in [9.17, 15) is 13.6 Å². The highest BCUT2D eigenvalue weighted by Crippen LogP contribution is 2.34. The Morgan fingerprint density at radius 1 is 1.11 bits per heavy atom. The summed E-state index contributed by atoms with van der Waals surface area (Å²) in [5, 5.41) is 3.18. The van der Waals surface area contributed by atoms with E-state index in [-0.39, 0.29) is 23.3 Å². The molecule has 136 valence electrons. The molecule has 0 saturated heterocycles. The van der Waals surface area contributed by atoms with Gasteiger partial charge in [0, 0.05) is 18.4 Å². The standard InChI is InChI=1S/C20H14ClF2N3O/c21-16-10-14(7-8-17(16)23)25-19-18-15(2-1-9-24-18)20(27)26(19)11-12-3-5-13(22)6-4-12/h1-10,19,25H,11H2. The molecule has 1 N–H and O–H groups in total. The lowest BCUT2D eigenvalue weighted by Gasteiger charge is -2.26. The van der Waals surface area contributed by atoms with Crippen LogP contribution in [0.25, 0.3) is 0 Å². The van der Waals surface area contributed by atoms with Gasteiger partial charge in [0.15, 0.2) is 0 Å². The average Bonchev–Trinajstić information content (AvgIpc) is 2.92. The normalized spacial score (nSPS) is 15.7. The number of halogens is 3. The highest BCUT2D eigenvalue weighted by molar-refractivity contribution is 6.31. The number of hydrogen-bond donors (Lipinski definition) is 1. The third kappa shape index (κ3) is 3.36.